The van der Waals surface area contributed by atoms with Crippen molar-refractivity contribution in [3.8, 4) is 0 Å². The van der Waals surface area contributed by atoms with E-state index < -0.39 is 11.6 Å². The Hall–Kier alpha value is -1.49. The molecule has 3 nitrogen and oxygen atoms in total. The Balaban J connectivity index is 2.10. The van der Waals surface area contributed by atoms with Gasteiger partial charge < -0.3 is 11.1 Å². The zero-order valence-electron chi connectivity index (χ0n) is 7.84. The summed E-state index contributed by atoms with van der Waals surface area (Å²) in [6.45, 7) is 0. The minimum Gasteiger partial charge on any atom is -0.327 e. The van der Waals surface area contributed by atoms with Crippen LogP contribution in [0.1, 0.15) is 6.42 Å². The Morgan fingerprint density at radius 2 is 2.13 bits per heavy atom. The molecule has 1 saturated carbocycles. The van der Waals surface area contributed by atoms with Crippen LogP contribution in [0.15, 0.2) is 18.2 Å². The number of rotatable bonds is 2. The van der Waals surface area contributed by atoms with Crippen LogP contribution >= 0.6 is 0 Å². The number of halogens is 2. The van der Waals surface area contributed by atoms with Crippen molar-refractivity contribution in [3.05, 3.63) is 29.8 Å². The van der Waals surface area contributed by atoms with Gasteiger partial charge in [-0.05, 0) is 18.6 Å². The molecule has 1 aliphatic rings. The van der Waals surface area contributed by atoms with E-state index in [4.69, 9.17) is 5.73 Å². The van der Waals surface area contributed by atoms with E-state index in [1.807, 2.05) is 0 Å². The Morgan fingerprint density at radius 1 is 1.47 bits per heavy atom. The van der Waals surface area contributed by atoms with Gasteiger partial charge in [0.2, 0.25) is 5.91 Å². The lowest BCUT2D eigenvalue weighted by Crippen LogP contribution is -2.19. The Labute approximate surface area is 85.3 Å². The summed E-state index contributed by atoms with van der Waals surface area (Å²) >= 11 is 0. The van der Waals surface area contributed by atoms with E-state index in [-0.39, 0.29) is 23.6 Å². The van der Waals surface area contributed by atoms with Crippen LogP contribution in [0.5, 0.6) is 0 Å². The van der Waals surface area contributed by atoms with Gasteiger partial charge in [0.05, 0.1) is 11.6 Å². The zero-order valence-corrected chi connectivity index (χ0v) is 7.84. The summed E-state index contributed by atoms with van der Waals surface area (Å²) in [5.41, 5.74) is 5.32. The van der Waals surface area contributed by atoms with Crippen LogP contribution in [0.3, 0.4) is 0 Å². The first kappa shape index (κ1) is 10.0. The summed E-state index contributed by atoms with van der Waals surface area (Å²) in [5.74, 6) is -2.65. The summed E-state index contributed by atoms with van der Waals surface area (Å²) in [6.07, 6.45) is 0.600. The molecule has 80 valence electrons. The predicted molar refractivity (Wildman–Crippen MR) is 51.1 cm³/mol. The lowest BCUT2D eigenvalue weighted by Gasteiger charge is -2.05. The SMILES string of the molecule is NC1CC1C(=O)Nc1cccc(F)c1F. The van der Waals surface area contributed by atoms with Gasteiger partial charge >= 0.3 is 0 Å². The molecular formula is C10H10F2N2O. The normalized spacial score (nSPS) is 23.7. The summed E-state index contributed by atoms with van der Waals surface area (Å²) < 4.78 is 25.9. The van der Waals surface area contributed by atoms with Crippen LogP contribution in [0.2, 0.25) is 0 Å². The van der Waals surface area contributed by atoms with Crippen molar-refractivity contribution in [1.29, 1.82) is 0 Å². The van der Waals surface area contributed by atoms with Crippen LogP contribution in [0.4, 0.5) is 14.5 Å². The average molecular weight is 212 g/mol. The minimum absolute atomic E-state index is 0.140. The number of amides is 1. The first-order valence-electron chi connectivity index (χ1n) is 4.60. The fourth-order valence-electron chi connectivity index (χ4n) is 1.34. The van der Waals surface area contributed by atoms with Crippen LogP contribution in [-0.2, 0) is 4.79 Å². The summed E-state index contributed by atoms with van der Waals surface area (Å²) in [5, 5.41) is 2.31. The molecule has 1 aliphatic carbocycles. The maximum Gasteiger partial charge on any atom is 0.229 e. The Bertz CT molecular complexity index is 408. The summed E-state index contributed by atoms with van der Waals surface area (Å²) in [4.78, 5) is 11.4. The van der Waals surface area contributed by atoms with Crippen LogP contribution in [0, 0.1) is 17.6 Å². The first-order chi connectivity index (χ1) is 7.09. The first-order valence-corrected chi connectivity index (χ1v) is 4.60. The highest BCUT2D eigenvalue weighted by Gasteiger charge is 2.40. The molecule has 15 heavy (non-hydrogen) atoms. The molecule has 1 amide bonds. The molecule has 1 fully saturated rings. The lowest BCUT2D eigenvalue weighted by atomic mass is 10.2. The molecular weight excluding hydrogens is 202 g/mol. The number of hydrogen-bond acceptors (Lipinski definition) is 2. The molecule has 3 N–H and O–H groups in total. The van der Waals surface area contributed by atoms with Crippen molar-refractivity contribution < 1.29 is 13.6 Å². The summed E-state index contributed by atoms with van der Waals surface area (Å²) in [7, 11) is 0. The number of carbonyl (C=O) groups excluding carboxylic acids is 1. The smallest absolute Gasteiger partial charge is 0.229 e. The Kier molecular flexibility index (Phi) is 2.40. The standard InChI is InChI=1S/C10H10F2N2O/c11-6-2-1-3-8(9(6)12)14-10(15)5-4-7(5)13/h1-3,5,7H,4,13H2,(H,14,15). The summed E-state index contributed by atoms with van der Waals surface area (Å²) in [6, 6.07) is 3.49. The number of nitrogens with one attached hydrogen (secondary N) is 1. The van der Waals surface area contributed by atoms with Gasteiger partial charge in [0.25, 0.3) is 0 Å². The number of nitrogens with two attached hydrogens (primary N) is 1. The van der Waals surface area contributed by atoms with Crippen molar-refractivity contribution in [2.45, 2.75) is 12.5 Å². The van der Waals surface area contributed by atoms with Crippen molar-refractivity contribution in [3.63, 3.8) is 0 Å². The highest BCUT2D eigenvalue weighted by molar-refractivity contribution is 5.95. The van der Waals surface area contributed by atoms with Gasteiger partial charge in [0, 0.05) is 6.04 Å². The fourth-order valence-corrected chi connectivity index (χ4v) is 1.34. The van der Waals surface area contributed by atoms with Crippen LogP contribution in [0.25, 0.3) is 0 Å². The number of carbonyl (C=O) groups is 1. The van der Waals surface area contributed by atoms with E-state index in [0.717, 1.165) is 6.07 Å². The average Bonchev–Trinajstić information content (AvgIpc) is 2.91. The number of anilines is 1. The monoisotopic (exact) mass is 212 g/mol. The second kappa shape index (κ2) is 3.58. The van der Waals surface area contributed by atoms with Gasteiger partial charge in [-0.3, -0.25) is 4.79 Å². The third-order valence-electron chi connectivity index (χ3n) is 2.39. The predicted octanol–water partition coefficient (Wildman–Crippen LogP) is 1.25. The van der Waals surface area contributed by atoms with Crippen molar-refractivity contribution in [1.82, 2.24) is 0 Å². The van der Waals surface area contributed by atoms with E-state index in [2.05, 4.69) is 5.32 Å². The highest BCUT2D eigenvalue weighted by atomic mass is 19.2. The third-order valence-corrected chi connectivity index (χ3v) is 2.39. The van der Waals surface area contributed by atoms with E-state index in [1.54, 1.807) is 0 Å². The molecule has 0 aliphatic heterocycles. The quantitative estimate of drug-likeness (QED) is 0.775. The maximum atomic E-state index is 13.1. The van der Waals surface area contributed by atoms with Gasteiger partial charge in [-0.15, -0.1) is 0 Å². The van der Waals surface area contributed by atoms with Crippen molar-refractivity contribution in [2.24, 2.45) is 11.7 Å². The molecule has 0 aromatic heterocycles. The molecule has 2 unspecified atom stereocenters. The third kappa shape index (κ3) is 1.97. The van der Waals surface area contributed by atoms with E-state index in [0.29, 0.717) is 6.42 Å². The second-order valence-corrected chi connectivity index (χ2v) is 3.60. The zero-order chi connectivity index (χ0) is 11.0. The van der Waals surface area contributed by atoms with Crippen LogP contribution < -0.4 is 11.1 Å². The van der Waals surface area contributed by atoms with Crippen molar-refractivity contribution in [2.75, 3.05) is 5.32 Å². The largest absolute Gasteiger partial charge is 0.327 e. The van der Waals surface area contributed by atoms with E-state index in [9.17, 15) is 13.6 Å². The lowest BCUT2D eigenvalue weighted by molar-refractivity contribution is -0.117. The topological polar surface area (TPSA) is 55.1 Å². The van der Waals surface area contributed by atoms with Crippen LogP contribution in [-0.4, -0.2) is 11.9 Å². The van der Waals surface area contributed by atoms with E-state index >= 15 is 0 Å². The van der Waals surface area contributed by atoms with Gasteiger partial charge in [-0.1, -0.05) is 6.07 Å². The highest BCUT2D eigenvalue weighted by Crippen LogP contribution is 2.29. The molecule has 2 rings (SSSR count). The van der Waals surface area contributed by atoms with Gasteiger partial charge in [-0.25, -0.2) is 8.78 Å². The van der Waals surface area contributed by atoms with Gasteiger partial charge in [0.1, 0.15) is 0 Å². The fraction of sp³-hybridized carbons (Fsp3) is 0.300. The number of hydrogen-bond donors (Lipinski definition) is 2. The second-order valence-electron chi connectivity index (χ2n) is 3.60. The molecule has 0 radical (unpaired) electrons. The molecule has 0 heterocycles. The molecule has 1 aromatic carbocycles. The molecule has 5 heteroatoms. The van der Waals surface area contributed by atoms with Gasteiger partial charge in [-0.2, -0.15) is 0 Å². The van der Waals surface area contributed by atoms with E-state index in [1.165, 1.54) is 12.1 Å². The maximum absolute atomic E-state index is 13.1. The Morgan fingerprint density at radius 3 is 2.73 bits per heavy atom. The molecule has 0 spiro atoms. The number of benzene rings is 1. The molecule has 1 aromatic rings. The van der Waals surface area contributed by atoms with Gasteiger partial charge in [0.15, 0.2) is 11.6 Å². The molecule has 2 atom stereocenters. The molecule has 0 saturated heterocycles. The van der Waals surface area contributed by atoms with Crippen molar-refractivity contribution >= 4 is 11.6 Å². The minimum atomic E-state index is -1.04. The molecule has 0 bridgehead atoms.